The number of nitrogens with one attached hydrogen (secondary N) is 1. The van der Waals surface area contributed by atoms with Crippen LogP contribution in [0, 0.1) is 0 Å². The predicted octanol–water partition coefficient (Wildman–Crippen LogP) is 3.78. The van der Waals surface area contributed by atoms with Crippen molar-refractivity contribution in [3.05, 3.63) is 28.1 Å². The van der Waals surface area contributed by atoms with E-state index in [1.165, 1.54) is 11.0 Å². The zero-order chi connectivity index (χ0) is 19.4. The molecule has 2 fully saturated rings. The van der Waals surface area contributed by atoms with Crippen LogP contribution in [0.3, 0.4) is 0 Å². The molecule has 11 heteroatoms. The smallest absolute Gasteiger partial charge is 0.449 e. The zero-order valence-corrected chi connectivity index (χ0v) is 15.1. The summed E-state index contributed by atoms with van der Waals surface area (Å²) in [5.41, 5.74) is -0.515. The van der Waals surface area contributed by atoms with E-state index in [1.807, 2.05) is 0 Å². The van der Waals surface area contributed by atoms with Gasteiger partial charge in [-0.3, -0.25) is 4.79 Å². The minimum absolute atomic E-state index is 0.0550. The van der Waals surface area contributed by atoms with Crippen LogP contribution in [0.1, 0.15) is 16.1 Å². The molecule has 1 N–H and O–H groups in total. The van der Waals surface area contributed by atoms with Crippen molar-refractivity contribution < 1.29 is 32.2 Å². The number of rotatable bonds is 2. The Morgan fingerprint density at radius 3 is 2.78 bits per heavy atom. The fourth-order valence-corrected chi connectivity index (χ4v) is 4.82. The van der Waals surface area contributed by atoms with Gasteiger partial charge >= 0.3 is 12.5 Å². The summed E-state index contributed by atoms with van der Waals surface area (Å²) in [5.74, 6) is -0.845. The molecule has 2 aliphatic heterocycles. The van der Waals surface area contributed by atoms with Gasteiger partial charge in [0.25, 0.3) is 5.91 Å². The summed E-state index contributed by atoms with van der Waals surface area (Å²) in [6.45, 7) is 0.852. The quantitative estimate of drug-likeness (QED) is 0.803. The number of hydrogen-bond acceptors (Lipinski definition) is 5. The van der Waals surface area contributed by atoms with Crippen LogP contribution in [0.2, 0.25) is 5.02 Å². The summed E-state index contributed by atoms with van der Waals surface area (Å²) in [7, 11) is 0. The third-order valence-electron chi connectivity index (χ3n) is 4.49. The van der Waals surface area contributed by atoms with Crippen LogP contribution in [0.15, 0.2) is 18.2 Å². The van der Waals surface area contributed by atoms with Crippen LogP contribution < -0.4 is 10.1 Å². The Morgan fingerprint density at radius 1 is 1.37 bits per heavy atom. The second-order valence-corrected chi connectivity index (χ2v) is 7.80. The van der Waals surface area contributed by atoms with Gasteiger partial charge in [-0.25, -0.2) is 4.79 Å². The summed E-state index contributed by atoms with van der Waals surface area (Å²) in [6.07, 6.45) is -4.82. The largest absolute Gasteiger partial charge is 0.573 e. The minimum atomic E-state index is -4.87. The number of nitrogens with zero attached hydrogens (tertiary/aromatic N) is 1. The van der Waals surface area contributed by atoms with Crippen LogP contribution in [0.4, 0.5) is 18.0 Å². The molecule has 2 aromatic rings. The first-order valence-electron chi connectivity index (χ1n) is 7.88. The second-order valence-electron chi connectivity index (χ2n) is 6.37. The van der Waals surface area contributed by atoms with Crippen molar-refractivity contribution in [1.82, 2.24) is 10.2 Å². The highest BCUT2D eigenvalue weighted by Gasteiger charge is 2.49. The average molecular weight is 421 g/mol. The third-order valence-corrected chi connectivity index (χ3v) is 6.13. The highest BCUT2D eigenvalue weighted by Crippen LogP contribution is 2.43. The predicted molar refractivity (Wildman–Crippen MR) is 91.3 cm³/mol. The van der Waals surface area contributed by atoms with Gasteiger partial charge in [0.05, 0.1) is 22.6 Å². The molecule has 27 heavy (non-hydrogen) atoms. The van der Waals surface area contributed by atoms with Crippen molar-refractivity contribution in [1.29, 1.82) is 0 Å². The van der Waals surface area contributed by atoms with Gasteiger partial charge in [-0.15, -0.1) is 24.5 Å². The zero-order valence-electron chi connectivity index (χ0n) is 13.6. The highest BCUT2D eigenvalue weighted by molar-refractivity contribution is 7.21. The van der Waals surface area contributed by atoms with E-state index in [-0.39, 0.29) is 35.0 Å². The number of cyclic esters (lactones) is 1. The summed E-state index contributed by atoms with van der Waals surface area (Å²) in [6, 6.07) is 4.13. The van der Waals surface area contributed by atoms with E-state index in [2.05, 4.69) is 10.1 Å². The number of halogens is 4. The van der Waals surface area contributed by atoms with Gasteiger partial charge in [0.2, 0.25) is 0 Å². The minimum Gasteiger partial charge on any atom is -0.449 e. The molecule has 144 valence electrons. The van der Waals surface area contributed by atoms with Crippen molar-refractivity contribution in [2.75, 3.05) is 19.7 Å². The Bertz CT molecular complexity index is 940. The van der Waals surface area contributed by atoms with Gasteiger partial charge in [0, 0.05) is 24.2 Å². The molecule has 0 saturated carbocycles. The third kappa shape index (κ3) is 3.27. The average Bonchev–Trinajstić information content (AvgIpc) is 2.88. The van der Waals surface area contributed by atoms with Gasteiger partial charge in [-0.1, -0.05) is 17.7 Å². The number of alkyl halides is 3. The molecule has 0 bridgehead atoms. The normalized spacial score (nSPS) is 18.8. The second kappa shape index (κ2) is 6.16. The number of ether oxygens (including phenoxy) is 2. The number of likely N-dealkylation sites (tertiary alicyclic amines) is 1. The van der Waals surface area contributed by atoms with E-state index >= 15 is 0 Å². The fraction of sp³-hybridized carbons (Fsp3) is 0.375. The number of fused-ring (bicyclic) bond motifs is 1. The number of carbonyl (C=O) groups is 2. The lowest BCUT2D eigenvalue weighted by Gasteiger charge is -2.51. The molecule has 3 heterocycles. The molecule has 0 radical (unpaired) electrons. The summed E-state index contributed by atoms with van der Waals surface area (Å²) < 4.78 is 47.1. The van der Waals surface area contributed by atoms with E-state index in [0.29, 0.717) is 11.1 Å². The van der Waals surface area contributed by atoms with Crippen LogP contribution in [-0.4, -0.2) is 48.5 Å². The van der Waals surface area contributed by atoms with Crippen molar-refractivity contribution in [2.24, 2.45) is 0 Å². The Morgan fingerprint density at radius 2 is 2.11 bits per heavy atom. The molecule has 2 amide bonds. The summed E-state index contributed by atoms with van der Waals surface area (Å²) >= 11 is 7.24. The molecule has 1 aromatic carbocycles. The van der Waals surface area contributed by atoms with Gasteiger partial charge in [-0.2, -0.15) is 0 Å². The topological polar surface area (TPSA) is 67.9 Å². The number of alkyl carbamates (subject to hydrolysis) is 1. The lowest BCUT2D eigenvalue weighted by molar-refractivity contribution is -0.274. The molecule has 0 atom stereocenters. The van der Waals surface area contributed by atoms with E-state index in [0.717, 1.165) is 17.4 Å². The van der Waals surface area contributed by atoms with Crippen molar-refractivity contribution in [3.63, 3.8) is 0 Å². The van der Waals surface area contributed by atoms with Gasteiger partial charge in [0.1, 0.15) is 10.6 Å². The van der Waals surface area contributed by atoms with Crippen LogP contribution in [-0.2, 0) is 4.74 Å². The standard InChI is InChI=1S/C16H12ClF3N2O4S/c17-11-10-8(26-16(18,19)20)2-1-3-9(10)27-12(11)13(23)22-6-15(7-22)4-5-25-14(24)21-15/h1-3H,4-7H2,(H,21,24). The van der Waals surface area contributed by atoms with E-state index in [1.54, 1.807) is 6.07 Å². The molecular weight excluding hydrogens is 409 g/mol. The Balaban J connectivity index is 1.59. The van der Waals surface area contributed by atoms with Crippen LogP contribution in [0.25, 0.3) is 10.1 Å². The van der Waals surface area contributed by atoms with E-state index in [9.17, 15) is 22.8 Å². The van der Waals surface area contributed by atoms with Crippen LogP contribution in [0.5, 0.6) is 5.75 Å². The Kier molecular flexibility index (Phi) is 4.15. The van der Waals surface area contributed by atoms with E-state index in [4.69, 9.17) is 16.3 Å². The van der Waals surface area contributed by atoms with E-state index < -0.39 is 29.7 Å². The maximum Gasteiger partial charge on any atom is 0.573 e. The maximum absolute atomic E-state index is 12.8. The number of carbonyl (C=O) groups excluding carboxylic acids is 2. The van der Waals surface area contributed by atoms with Crippen molar-refractivity contribution in [2.45, 2.75) is 18.3 Å². The van der Waals surface area contributed by atoms with Crippen molar-refractivity contribution in [3.8, 4) is 5.75 Å². The summed E-state index contributed by atoms with van der Waals surface area (Å²) in [4.78, 5) is 25.8. The highest BCUT2D eigenvalue weighted by atomic mass is 35.5. The molecule has 2 saturated heterocycles. The first kappa shape index (κ1) is 18.2. The number of amides is 2. The van der Waals surface area contributed by atoms with Crippen LogP contribution >= 0.6 is 22.9 Å². The molecule has 4 rings (SSSR count). The lowest BCUT2D eigenvalue weighted by atomic mass is 9.85. The van der Waals surface area contributed by atoms with Gasteiger partial charge < -0.3 is 19.7 Å². The maximum atomic E-state index is 12.8. The molecule has 1 spiro atoms. The summed E-state index contributed by atoms with van der Waals surface area (Å²) in [5, 5.41) is 2.69. The molecule has 0 unspecified atom stereocenters. The monoisotopic (exact) mass is 420 g/mol. The SMILES string of the molecule is O=C1NC2(CCO1)CN(C(=O)c1sc3cccc(OC(F)(F)F)c3c1Cl)C2. The Hall–Kier alpha value is -2.20. The number of benzene rings is 1. The van der Waals surface area contributed by atoms with Gasteiger partial charge in [-0.05, 0) is 12.1 Å². The van der Waals surface area contributed by atoms with Gasteiger partial charge in [0.15, 0.2) is 0 Å². The number of hydrogen-bond donors (Lipinski definition) is 1. The Labute approximate surface area is 159 Å². The lowest BCUT2D eigenvalue weighted by Crippen LogP contribution is -2.73. The number of thiophene rings is 1. The molecule has 2 aliphatic rings. The molecule has 1 aromatic heterocycles. The fourth-order valence-electron chi connectivity index (χ4n) is 3.29. The first-order chi connectivity index (χ1) is 12.7. The van der Waals surface area contributed by atoms with Crippen molar-refractivity contribution >= 4 is 45.0 Å². The first-order valence-corrected chi connectivity index (χ1v) is 9.08. The molecular formula is C16H12ClF3N2O4S. The molecule has 0 aliphatic carbocycles. The molecule has 6 nitrogen and oxygen atoms in total.